The van der Waals surface area contributed by atoms with Crippen LogP contribution in [0.5, 0.6) is 0 Å². The molecule has 33 heavy (non-hydrogen) atoms. The molecule has 2 aliphatic rings. The molecule has 10 heteroatoms. The Kier molecular flexibility index (Phi) is 8.80. The molecule has 188 valence electrons. The Morgan fingerprint density at radius 2 is 1.85 bits per heavy atom. The fraction of sp³-hybridized carbons (Fsp3) is 0.783. The lowest BCUT2D eigenvalue weighted by atomic mass is 9.77. The van der Waals surface area contributed by atoms with E-state index in [0.717, 1.165) is 0 Å². The lowest BCUT2D eigenvalue weighted by Gasteiger charge is -2.39. The lowest BCUT2D eigenvalue weighted by Crippen LogP contribution is -2.57. The third-order valence-corrected chi connectivity index (χ3v) is 5.44. The summed E-state index contributed by atoms with van der Waals surface area (Å²) in [6.07, 6.45) is -4.31. The van der Waals surface area contributed by atoms with E-state index in [1.54, 1.807) is 20.8 Å². The number of hydrogen-bond acceptors (Lipinski definition) is 10. The smallest absolute Gasteiger partial charge is 0.331 e. The Hall–Kier alpha value is -1.85. The van der Waals surface area contributed by atoms with Gasteiger partial charge in [-0.05, 0) is 33.1 Å². The molecule has 0 spiro atoms. The van der Waals surface area contributed by atoms with E-state index in [4.69, 9.17) is 14.2 Å². The van der Waals surface area contributed by atoms with E-state index in [2.05, 4.69) is 4.99 Å². The van der Waals surface area contributed by atoms with E-state index >= 15 is 0 Å². The summed E-state index contributed by atoms with van der Waals surface area (Å²) in [5.74, 6) is -0.966. The SMILES string of the molecule is C[C@@H]1O[C@@H](OCC[C@H](N=CC2=C(O)CC(C)(C)CC2=O)C(=O)OC(C)(C)C)[C@@H](O)[C@H](O)[C@@H]1O. The number of aliphatic imine (C=N–C) groups is 1. The van der Waals surface area contributed by atoms with Gasteiger partial charge in [0.05, 0.1) is 18.3 Å². The predicted octanol–water partition coefficient (Wildman–Crippen LogP) is 1.20. The van der Waals surface area contributed by atoms with Crippen LogP contribution in [0.25, 0.3) is 0 Å². The van der Waals surface area contributed by atoms with Crippen molar-refractivity contribution < 1.29 is 44.2 Å². The van der Waals surface area contributed by atoms with Crippen molar-refractivity contribution in [2.24, 2.45) is 10.4 Å². The maximum Gasteiger partial charge on any atom is 0.331 e. The Morgan fingerprint density at radius 1 is 1.21 bits per heavy atom. The van der Waals surface area contributed by atoms with E-state index < -0.39 is 48.3 Å². The highest BCUT2D eigenvalue weighted by Gasteiger charge is 2.42. The van der Waals surface area contributed by atoms with Gasteiger partial charge in [-0.1, -0.05) is 13.8 Å². The fourth-order valence-electron chi connectivity index (χ4n) is 3.68. The van der Waals surface area contributed by atoms with Crippen LogP contribution in [0.15, 0.2) is 16.3 Å². The van der Waals surface area contributed by atoms with Crippen LogP contribution in [0.2, 0.25) is 0 Å². The van der Waals surface area contributed by atoms with Crippen molar-refractivity contribution in [3.05, 3.63) is 11.3 Å². The number of rotatable bonds is 7. The molecule has 0 aromatic heterocycles. The van der Waals surface area contributed by atoms with E-state index in [0.29, 0.717) is 6.42 Å². The van der Waals surface area contributed by atoms with Gasteiger partial charge in [-0.25, -0.2) is 4.79 Å². The number of esters is 1. The zero-order valence-corrected chi connectivity index (χ0v) is 20.1. The van der Waals surface area contributed by atoms with Gasteiger partial charge in [-0.3, -0.25) is 9.79 Å². The summed E-state index contributed by atoms with van der Waals surface area (Å²) < 4.78 is 16.3. The molecule has 1 heterocycles. The maximum absolute atomic E-state index is 12.7. The van der Waals surface area contributed by atoms with Gasteiger partial charge in [0.2, 0.25) is 0 Å². The van der Waals surface area contributed by atoms with Crippen LogP contribution >= 0.6 is 0 Å². The first-order valence-corrected chi connectivity index (χ1v) is 11.1. The first kappa shape index (κ1) is 27.4. The molecule has 10 nitrogen and oxygen atoms in total. The number of ketones is 1. The van der Waals surface area contributed by atoms with Gasteiger partial charge < -0.3 is 34.6 Å². The van der Waals surface area contributed by atoms with Gasteiger partial charge in [0.25, 0.3) is 0 Å². The van der Waals surface area contributed by atoms with Crippen molar-refractivity contribution in [1.82, 2.24) is 0 Å². The lowest BCUT2D eigenvalue weighted by molar-refractivity contribution is -0.293. The van der Waals surface area contributed by atoms with Crippen LogP contribution in [-0.2, 0) is 23.8 Å². The first-order chi connectivity index (χ1) is 15.1. The molecule has 0 radical (unpaired) electrons. The van der Waals surface area contributed by atoms with Gasteiger partial charge in [0.15, 0.2) is 12.1 Å². The van der Waals surface area contributed by atoms with Gasteiger partial charge in [-0.15, -0.1) is 0 Å². The third kappa shape index (κ3) is 7.58. The Labute approximate surface area is 194 Å². The van der Waals surface area contributed by atoms with Crippen LogP contribution < -0.4 is 0 Å². The molecule has 4 N–H and O–H groups in total. The molecule has 0 saturated carbocycles. The van der Waals surface area contributed by atoms with Crippen LogP contribution in [-0.4, -0.2) is 87.3 Å². The molecular formula is C23H37NO9. The minimum atomic E-state index is -1.47. The molecule has 1 fully saturated rings. The number of carbonyl (C=O) groups is 2. The quantitative estimate of drug-likeness (QED) is 0.317. The highest BCUT2D eigenvalue weighted by Crippen LogP contribution is 2.35. The zero-order chi connectivity index (χ0) is 25.1. The van der Waals surface area contributed by atoms with Crippen LogP contribution in [0, 0.1) is 5.41 Å². The minimum Gasteiger partial charge on any atom is -0.511 e. The van der Waals surface area contributed by atoms with E-state index in [9.17, 15) is 30.0 Å². The van der Waals surface area contributed by atoms with E-state index in [-0.39, 0.29) is 42.0 Å². The summed E-state index contributed by atoms with van der Waals surface area (Å²) in [6, 6.07) is -1.04. The number of ether oxygens (including phenoxy) is 3. The summed E-state index contributed by atoms with van der Waals surface area (Å²) in [5, 5.41) is 40.1. The van der Waals surface area contributed by atoms with E-state index in [1.165, 1.54) is 13.1 Å². The molecule has 0 amide bonds. The van der Waals surface area contributed by atoms with Crippen molar-refractivity contribution in [3.63, 3.8) is 0 Å². The zero-order valence-electron chi connectivity index (χ0n) is 20.1. The molecule has 0 aromatic rings. The number of Topliss-reactive ketones (excluding diaryl/α,β-unsaturated/α-hetero) is 1. The van der Waals surface area contributed by atoms with Crippen LogP contribution in [0.3, 0.4) is 0 Å². The Bertz CT molecular complexity index is 783. The van der Waals surface area contributed by atoms with Crippen LogP contribution in [0.1, 0.15) is 60.8 Å². The molecule has 2 rings (SSSR count). The largest absolute Gasteiger partial charge is 0.511 e. The summed E-state index contributed by atoms with van der Waals surface area (Å²) in [4.78, 5) is 29.3. The van der Waals surface area contributed by atoms with Crippen molar-refractivity contribution >= 4 is 18.0 Å². The molecule has 1 aliphatic carbocycles. The standard InChI is InChI=1S/C23H37NO9/c1-12-17(27)18(28)19(29)21(32-12)31-8-7-14(20(30)33-22(2,3)4)24-11-13-15(25)9-23(5,6)10-16(13)26/h11-12,14,17-19,21,25,27-29H,7-10H2,1-6H3/t12-,14-,17+,18+,19-,21+/m0/s1. The summed E-state index contributed by atoms with van der Waals surface area (Å²) >= 11 is 0. The molecule has 1 saturated heterocycles. The number of allylic oxidation sites excluding steroid dienone is 2. The maximum atomic E-state index is 12.7. The summed E-state index contributed by atoms with van der Waals surface area (Å²) in [7, 11) is 0. The van der Waals surface area contributed by atoms with Crippen molar-refractivity contribution in [3.8, 4) is 0 Å². The second-order valence-electron chi connectivity index (χ2n) is 10.5. The topological polar surface area (TPSA) is 155 Å². The number of aliphatic hydroxyl groups excluding tert-OH is 4. The molecule has 1 aliphatic heterocycles. The Morgan fingerprint density at radius 3 is 2.42 bits per heavy atom. The van der Waals surface area contributed by atoms with Gasteiger partial charge in [-0.2, -0.15) is 0 Å². The number of hydrogen-bond donors (Lipinski definition) is 4. The number of nitrogens with zero attached hydrogens (tertiary/aromatic N) is 1. The van der Waals surface area contributed by atoms with Crippen molar-refractivity contribution in [2.45, 2.75) is 103 Å². The van der Waals surface area contributed by atoms with Crippen molar-refractivity contribution in [1.29, 1.82) is 0 Å². The molecule has 6 atom stereocenters. The van der Waals surface area contributed by atoms with Gasteiger partial charge >= 0.3 is 5.97 Å². The molecule has 0 unspecified atom stereocenters. The number of carbonyl (C=O) groups excluding carboxylic acids is 2. The second kappa shape index (κ2) is 10.6. The van der Waals surface area contributed by atoms with Crippen LogP contribution in [0.4, 0.5) is 0 Å². The highest BCUT2D eigenvalue weighted by atomic mass is 16.7. The third-order valence-electron chi connectivity index (χ3n) is 5.44. The predicted molar refractivity (Wildman–Crippen MR) is 119 cm³/mol. The minimum absolute atomic E-state index is 0.0265. The van der Waals surface area contributed by atoms with Gasteiger partial charge in [0.1, 0.15) is 35.7 Å². The highest BCUT2D eigenvalue weighted by molar-refractivity contribution is 6.14. The summed E-state index contributed by atoms with van der Waals surface area (Å²) in [6.45, 7) is 10.3. The second-order valence-corrected chi connectivity index (χ2v) is 10.5. The molecular weight excluding hydrogens is 434 g/mol. The normalized spacial score (nSPS) is 31.7. The number of aliphatic hydroxyl groups is 4. The molecule has 0 aromatic carbocycles. The summed E-state index contributed by atoms with van der Waals surface area (Å²) in [5.41, 5.74) is -1.05. The fourth-order valence-corrected chi connectivity index (χ4v) is 3.68. The molecule has 0 bridgehead atoms. The first-order valence-electron chi connectivity index (χ1n) is 11.1. The van der Waals surface area contributed by atoms with Crippen molar-refractivity contribution in [2.75, 3.05) is 6.61 Å². The van der Waals surface area contributed by atoms with Gasteiger partial charge in [0, 0.05) is 25.5 Å². The van der Waals surface area contributed by atoms with E-state index in [1.807, 2.05) is 13.8 Å². The Balaban J connectivity index is 2.11. The average molecular weight is 472 g/mol. The average Bonchev–Trinajstić information content (AvgIpc) is 2.65. The monoisotopic (exact) mass is 471 g/mol.